The number of nitrogens with one attached hydrogen (secondary N) is 1. The summed E-state index contributed by atoms with van der Waals surface area (Å²) < 4.78 is 20.0. The number of carbonyl (C=O) groups is 1. The van der Waals surface area contributed by atoms with Gasteiger partial charge in [-0.1, -0.05) is 48.9 Å². The van der Waals surface area contributed by atoms with Gasteiger partial charge in [0, 0.05) is 18.5 Å². The van der Waals surface area contributed by atoms with Crippen molar-refractivity contribution in [3.05, 3.63) is 71.5 Å². The highest BCUT2D eigenvalue weighted by Gasteiger charge is 2.52. The number of amides is 1. The van der Waals surface area contributed by atoms with Crippen molar-refractivity contribution in [3.8, 4) is 6.07 Å². The van der Waals surface area contributed by atoms with Crippen molar-refractivity contribution in [1.29, 1.82) is 5.26 Å². The molecule has 6 heteroatoms. The first kappa shape index (κ1) is 26.2. The summed E-state index contributed by atoms with van der Waals surface area (Å²) in [5.74, 6) is -0.367. The van der Waals surface area contributed by atoms with Crippen molar-refractivity contribution < 1.29 is 13.9 Å². The third-order valence-electron chi connectivity index (χ3n) is 7.77. The molecule has 1 saturated carbocycles. The minimum absolute atomic E-state index is 0.0716. The predicted molar refractivity (Wildman–Crippen MR) is 139 cm³/mol. The lowest BCUT2D eigenvalue weighted by Gasteiger charge is -2.46. The first-order valence-corrected chi connectivity index (χ1v) is 13.1. The number of nitriles is 1. The van der Waals surface area contributed by atoms with E-state index in [1.54, 1.807) is 6.07 Å². The van der Waals surface area contributed by atoms with E-state index in [2.05, 4.69) is 40.6 Å². The van der Waals surface area contributed by atoms with Crippen LogP contribution in [0.25, 0.3) is 0 Å². The summed E-state index contributed by atoms with van der Waals surface area (Å²) in [5.41, 5.74) is 0.537. The molecule has 1 aliphatic carbocycles. The molecule has 3 unspecified atom stereocenters. The highest BCUT2D eigenvalue weighted by molar-refractivity contribution is 5.68. The Balaban J connectivity index is 1.59. The Morgan fingerprint density at radius 1 is 1.08 bits per heavy atom. The zero-order valence-electron chi connectivity index (χ0n) is 21.7. The Kier molecular flexibility index (Phi) is 8.00. The average Bonchev–Trinajstić information content (AvgIpc) is 3.29. The molecule has 5 nitrogen and oxygen atoms in total. The average molecular weight is 492 g/mol. The van der Waals surface area contributed by atoms with Crippen molar-refractivity contribution in [2.45, 2.75) is 76.5 Å². The summed E-state index contributed by atoms with van der Waals surface area (Å²) in [6.45, 7) is 8.18. The zero-order valence-corrected chi connectivity index (χ0v) is 21.7. The van der Waals surface area contributed by atoms with E-state index >= 15 is 0 Å². The summed E-state index contributed by atoms with van der Waals surface area (Å²) in [6, 6.07) is 19.5. The van der Waals surface area contributed by atoms with E-state index in [9.17, 15) is 14.4 Å². The fourth-order valence-electron chi connectivity index (χ4n) is 6.26. The molecule has 4 rings (SSSR count). The molecule has 2 aromatic rings. The normalized spacial score (nSPS) is 23.0. The number of alkyl carbamates (subject to hydrolysis) is 1. The van der Waals surface area contributed by atoms with Crippen molar-refractivity contribution in [3.63, 3.8) is 0 Å². The molecule has 2 aliphatic rings. The van der Waals surface area contributed by atoms with Crippen molar-refractivity contribution in [2.24, 2.45) is 11.8 Å². The Hall–Kier alpha value is -2.91. The molecule has 0 radical (unpaired) electrons. The van der Waals surface area contributed by atoms with Crippen LogP contribution in [0.3, 0.4) is 0 Å². The number of hydrogen-bond acceptors (Lipinski definition) is 4. The number of halogens is 1. The number of carbonyl (C=O) groups excluding carboxylic acids is 1. The second-order valence-corrected chi connectivity index (χ2v) is 11.3. The summed E-state index contributed by atoms with van der Waals surface area (Å²) in [4.78, 5) is 15.1. The van der Waals surface area contributed by atoms with E-state index < -0.39 is 17.1 Å². The first-order valence-electron chi connectivity index (χ1n) is 13.1. The summed E-state index contributed by atoms with van der Waals surface area (Å²) in [5, 5.41) is 13.9. The van der Waals surface area contributed by atoms with Crippen LogP contribution in [0.4, 0.5) is 9.18 Å². The van der Waals surface area contributed by atoms with Gasteiger partial charge < -0.3 is 10.1 Å². The number of ether oxygens (including phenoxy) is 1. The van der Waals surface area contributed by atoms with Crippen LogP contribution >= 0.6 is 0 Å². The van der Waals surface area contributed by atoms with Crippen LogP contribution in [0.15, 0.2) is 54.6 Å². The molecule has 1 aliphatic heterocycles. The maximum absolute atomic E-state index is 14.5. The second-order valence-electron chi connectivity index (χ2n) is 11.3. The number of piperidine rings is 1. The quantitative estimate of drug-likeness (QED) is 0.523. The third-order valence-corrected chi connectivity index (χ3v) is 7.77. The van der Waals surface area contributed by atoms with E-state index in [-0.39, 0.29) is 23.7 Å². The van der Waals surface area contributed by atoms with Crippen molar-refractivity contribution in [2.75, 3.05) is 13.1 Å². The van der Waals surface area contributed by atoms with E-state index in [0.29, 0.717) is 0 Å². The Morgan fingerprint density at radius 3 is 2.44 bits per heavy atom. The van der Waals surface area contributed by atoms with Gasteiger partial charge in [0.15, 0.2) is 0 Å². The van der Waals surface area contributed by atoms with Gasteiger partial charge in [-0.3, -0.25) is 4.90 Å². The van der Waals surface area contributed by atoms with Gasteiger partial charge in [-0.05, 0) is 88.7 Å². The van der Waals surface area contributed by atoms with Crippen LogP contribution in [0, 0.1) is 29.0 Å². The molecule has 36 heavy (non-hydrogen) atoms. The minimum Gasteiger partial charge on any atom is -0.444 e. The van der Waals surface area contributed by atoms with Crippen LogP contribution in [0.1, 0.15) is 64.0 Å². The smallest absolute Gasteiger partial charge is 0.407 e. The molecule has 2 fully saturated rings. The number of rotatable bonds is 6. The highest BCUT2D eigenvalue weighted by atomic mass is 19.1. The van der Waals surface area contributed by atoms with Crippen LogP contribution in [-0.2, 0) is 16.7 Å². The molecule has 1 N–H and O–H groups in total. The molecule has 1 saturated heterocycles. The molecule has 3 atom stereocenters. The van der Waals surface area contributed by atoms with E-state index in [1.807, 2.05) is 32.9 Å². The topological polar surface area (TPSA) is 65.4 Å². The maximum Gasteiger partial charge on any atom is 0.407 e. The van der Waals surface area contributed by atoms with Gasteiger partial charge in [0.1, 0.15) is 11.4 Å². The zero-order chi connectivity index (χ0) is 25.8. The van der Waals surface area contributed by atoms with E-state index in [0.717, 1.165) is 57.3 Å². The van der Waals surface area contributed by atoms with Crippen molar-refractivity contribution >= 4 is 6.09 Å². The van der Waals surface area contributed by atoms with Crippen LogP contribution in [0.5, 0.6) is 0 Å². The second kappa shape index (κ2) is 11.0. The molecule has 192 valence electrons. The lowest BCUT2D eigenvalue weighted by molar-refractivity contribution is 0.0459. The Labute approximate surface area is 214 Å². The highest BCUT2D eigenvalue weighted by Crippen LogP contribution is 2.50. The van der Waals surface area contributed by atoms with Gasteiger partial charge in [-0.2, -0.15) is 5.26 Å². The first-order chi connectivity index (χ1) is 17.2. The molecule has 2 aromatic carbocycles. The maximum atomic E-state index is 14.5. The van der Waals surface area contributed by atoms with Crippen LogP contribution in [-0.4, -0.2) is 35.7 Å². The minimum atomic E-state index is -0.878. The van der Waals surface area contributed by atoms with E-state index in [4.69, 9.17) is 4.74 Å². The number of nitrogens with zero attached hydrogens (tertiary/aromatic N) is 2. The molecular formula is C30H38FN3O2. The monoisotopic (exact) mass is 491 g/mol. The fraction of sp³-hybridized carbons (Fsp3) is 0.533. The molecule has 0 aromatic heterocycles. The summed E-state index contributed by atoms with van der Waals surface area (Å²) in [7, 11) is 0. The molecule has 0 bridgehead atoms. The van der Waals surface area contributed by atoms with Gasteiger partial charge in [0.25, 0.3) is 0 Å². The molecular weight excluding hydrogens is 453 g/mol. The van der Waals surface area contributed by atoms with Gasteiger partial charge >= 0.3 is 6.09 Å². The molecule has 0 spiro atoms. The lowest BCUT2D eigenvalue weighted by Crippen LogP contribution is -2.52. The van der Waals surface area contributed by atoms with Gasteiger partial charge in [-0.25, -0.2) is 9.18 Å². The van der Waals surface area contributed by atoms with E-state index in [1.165, 1.54) is 17.7 Å². The number of benzene rings is 2. The number of likely N-dealkylation sites (tertiary alicyclic amines) is 1. The van der Waals surface area contributed by atoms with Gasteiger partial charge in [0.2, 0.25) is 0 Å². The van der Waals surface area contributed by atoms with Crippen LogP contribution in [0.2, 0.25) is 0 Å². The molecule has 1 heterocycles. The Bertz CT molecular complexity index is 1070. The van der Waals surface area contributed by atoms with Gasteiger partial charge in [0.05, 0.1) is 11.5 Å². The van der Waals surface area contributed by atoms with Crippen molar-refractivity contribution in [1.82, 2.24) is 10.2 Å². The van der Waals surface area contributed by atoms with Crippen LogP contribution < -0.4 is 5.32 Å². The third kappa shape index (κ3) is 5.90. The predicted octanol–water partition coefficient (Wildman–Crippen LogP) is 6.19. The summed E-state index contributed by atoms with van der Waals surface area (Å²) in [6.07, 6.45) is 3.77. The standard InChI is InChI=1S/C30H38FN3O2/c1-29(2,3)36-28(35)33-27-14-8-13-26(27)30(21-32,24-11-7-12-25(31)19-24)23-15-17-34(18-16-23)20-22-9-5-4-6-10-22/h4-7,9-12,19,23,26-27H,8,13-18,20H2,1-3H3,(H,33,35). The summed E-state index contributed by atoms with van der Waals surface area (Å²) >= 11 is 0. The lowest BCUT2D eigenvalue weighted by atomic mass is 9.59. The largest absolute Gasteiger partial charge is 0.444 e. The Morgan fingerprint density at radius 2 is 1.81 bits per heavy atom. The molecule has 1 amide bonds. The number of hydrogen-bond donors (Lipinski definition) is 1. The van der Waals surface area contributed by atoms with Gasteiger partial charge in [-0.15, -0.1) is 0 Å². The SMILES string of the molecule is CC(C)(C)OC(=O)NC1CCCC1C(C#N)(c1cccc(F)c1)C1CCN(Cc2ccccc2)CC1. The fourth-order valence-corrected chi connectivity index (χ4v) is 6.26.